The van der Waals surface area contributed by atoms with E-state index in [4.69, 9.17) is 4.74 Å². The van der Waals surface area contributed by atoms with Crippen LogP contribution in [0, 0.1) is 5.92 Å². The summed E-state index contributed by atoms with van der Waals surface area (Å²) in [6, 6.07) is 0. The predicted octanol–water partition coefficient (Wildman–Crippen LogP) is 2.76. The van der Waals surface area contributed by atoms with E-state index in [2.05, 4.69) is 33.4 Å². The molecule has 0 aliphatic heterocycles. The van der Waals surface area contributed by atoms with Gasteiger partial charge in [0.25, 0.3) is 0 Å². The molecule has 0 spiro atoms. The van der Waals surface area contributed by atoms with E-state index in [-0.39, 0.29) is 0 Å². The Kier molecular flexibility index (Phi) is 7.18. The van der Waals surface area contributed by atoms with Crippen LogP contribution in [-0.2, 0) is 4.74 Å². The van der Waals surface area contributed by atoms with Gasteiger partial charge in [0.1, 0.15) is 0 Å². The van der Waals surface area contributed by atoms with Gasteiger partial charge in [-0.3, -0.25) is 0 Å². The van der Waals surface area contributed by atoms with Gasteiger partial charge in [-0.05, 0) is 31.9 Å². The summed E-state index contributed by atoms with van der Waals surface area (Å²) in [5.41, 5.74) is 0. The molecule has 68 valence electrons. The van der Waals surface area contributed by atoms with Gasteiger partial charge < -0.3 is 4.74 Å². The van der Waals surface area contributed by atoms with E-state index in [1.165, 1.54) is 12.8 Å². The van der Waals surface area contributed by atoms with Crippen LogP contribution in [0.4, 0.5) is 0 Å². The lowest BCUT2D eigenvalue weighted by Gasteiger charge is -2.15. The molecule has 0 amide bonds. The zero-order valence-electron chi connectivity index (χ0n) is 7.84. The lowest BCUT2D eigenvalue weighted by molar-refractivity contribution is 0.0544. The predicted molar refractivity (Wildman–Crippen MR) is 53.3 cm³/mol. The summed E-state index contributed by atoms with van der Waals surface area (Å²) in [4.78, 5) is 0. The molecule has 2 heteroatoms. The van der Waals surface area contributed by atoms with E-state index in [9.17, 15) is 0 Å². The Morgan fingerprint density at radius 1 is 1.36 bits per heavy atom. The molecule has 0 aromatic rings. The Balaban J connectivity index is 3.35. The highest BCUT2D eigenvalue weighted by Crippen LogP contribution is 2.09. The van der Waals surface area contributed by atoms with Crippen LogP contribution in [-0.4, -0.2) is 18.5 Å². The number of rotatable bonds is 6. The minimum atomic E-state index is 0.356. The Labute approximate surface area is 75.9 Å². The molecule has 0 heterocycles. The highest BCUT2D eigenvalue weighted by molar-refractivity contribution is 7.80. The lowest BCUT2D eigenvalue weighted by Crippen LogP contribution is -2.14. The van der Waals surface area contributed by atoms with Crippen molar-refractivity contribution in [3.05, 3.63) is 0 Å². The van der Waals surface area contributed by atoms with E-state index in [0.717, 1.165) is 12.4 Å². The summed E-state index contributed by atoms with van der Waals surface area (Å²) >= 11 is 4.27. The minimum absolute atomic E-state index is 0.356. The first-order chi connectivity index (χ1) is 5.20. The van der Waals surface area contributed by atoms with Crippen LogP contribution in [0.1, 0.15) is 33.6 Å². The van der Waals surface area contributed by atoms with Crippen molar-refractivity contribution < 1.29 is 4.74 Å². The van der Waals surface area contributed by atoms with Gasteiger partial charge in [0.05, 0.1) is 12.7 Å². The molecule has 0 aliphatic carbocycles. The first kappa shape index (κ1) is 11.3. The lowest BCUT2D eigenvalue weighted by atomic mass is 10.1. The molecular weight excluding hydrogens is 156 g/mol. The molecule has 0 aliphatic rings. The van der Waals surface area contributed by atoms with Crippen molar-refractivity contribution >= 4 is 12.6 Å². The number of hydrogen-bond donors (Lipinski definition) is 1. The van der Waals surface area contributed by atoms with Crippen LogP contribution in [0.25, 0.3) is 0 Å². The number of hydrogen-bond acceptors (Lipinski definition) is 2. The molecule has 11 heavy (non-hydrogen) atoms. The van der Waals surface area contributed by atoms with Crippen LogP contribution < -0.4 is 0 Å². The number of thiol groups is 1. The van der Waals surface area contributed by atoms with Crippen molar-refractivity contribution in [1.82, 2.24) is 0 Å². The monoisotopic (exact) mass is 176 g/mol. The van der Waals surface area contributed by atoms with Crippen molar-refractivity contribution in [2.45, 2.75) is 39.7 Å². The maximum Gasteiger partial charge on any atom is 0.0519 e. The molecule has 0 saturated heterocycles. The average Bonchev–Trinajstić information content (AvgIpc) is 1.97. The SMILES string of the molecule is CCCC(CS)COC(C)C. The Hall–Kier alpha value is 0.310. The Bertz CT molecular complexity index is 83.6. The molecule has 0 aromatic heterocycles. The molecule has 1 unspecified atom stereocenters. The maximum atomic E-state index is 5.50. The zero-order valence-corrected chi connectivity index (χ0v) is 8.73. The van der Waals surface area contributed by atoms with Gasteiger partial charge in [0.2, 0.25) is 0 Å². The van der Waals surface area contributed by atoms with Crippen LogP contribution in [0.15, 0.2) is 0 Å². The minimum Gasteiger partial charge on any atom is -0.378 e. The molecule has 0 saturated carbocycles. The summed E-state index contributed by atoms with van der Waals surface area (Å²) in [6.45, 7) is 7.21. The van der Waals surface area contributed by atoms with Crippen LogP contribution in [0.5, 0.6) is 0 Å². The molecule has 0 rings (SSSR count). The molecule has 1 atom stereocenters. The summed E-state index contributed by atoms with van der Waals surface area (Å²) in [5.74, 6) is 1.59. The van der Waals surface area contributed by atoms with Crippen molar-refractivity contribution in [2.75, 3.05) is 12.4 Å². The summed E-state index contributed by atoms with van der Waals surface area (Å²) < 4.78 is 5.50. The second-order valence-corrected chi connectivity index (χ2v) is 3.58. The molecule has 1 nitrogen and oxygen atoms in total. The zero-order chi connectivity index (χ0) is 8.69. The number of ether oxygens (including phenoxy) is 1. The summed E-state index contributed by atoms with van der Waals surface area (Å²) in [6.07, 6.45) is 2.82. The third-order valence-electron chi connectivity index (χ3n) is 1.62. The second kappa shape index (κ2) is 6.99. The van der Waals surface area contributed by atoms with Crippen molar-refractivity contribution in [3.8, 4) is 0 Å². The fourth-order valence-electron chi connectivity index (χ4n) is 0.964. The first-order valence-corrected chi connectivity index (χ1v) is 5.06. The summed E-state index contributed by atoms with van der Waals surface area (Å²) in [7, 11) is 0. The smallest absolute Gasteiger partial charge is 0.0519 e. The van der Waals surface area contributed by atoms with E-state index in [1.807, 2.05) is 0 Å². The highest BCUT2D eigenvalue weighted by atomic mass is 32.1. The van der Waals surface area contributed by atoms with E-state index in [0.29, 0.717) is 12.0 Å². The molecule has 0 N–H and O–H groups in total. The topological polar surface area (TPSA) is 9.23 Å². The van der Waals surface area contributed by atoms with Gasteiger partial charge >= 0.3 is 0 Å². The fourth-order valence-corrected chi connectivity index (χ4v) is 1.25. The molecule has 0 radical (unpaired) electrons. The van der Waals surface area contributed by atoms with Crippen molar-refractivity contribution in [2.24, 2.45) is 5.92 Å². The van der Waals surface area contributed by atoms with Gasteiger partial charge in [-0.1, -0.05) is 13.3 Å². The quantitative estimate of drug-likeness (QED) is 0.612. The van der Waals surface area contributed by atoms with Gasteiger partial charge in [-0.2, -0.15) is 12.6 Å². The maximum absolute atomic E-state index is 5.50. The summed E-state index contributed by atoms with van der Waals surface area (Å²) in [5, 5.41) is 0. The molecule has 0 fully saturated rings. The van der Waals surface area contributed by atoms with Crippen LogP contribution >= 0.6 is 12.6 Å². The standard InChI is InChI=1S/C9H20OS/c1-4-5-9(7-11)6-10-8(2)3/h8-9,11H,4-7H2,1-3H3. The van der Waals surface area contributed by atoms with E-state index < -0.39 is 0 Å². The molecule has 0 aromatic carbocycles. The van der Waals surface area contributed by atoms with Gasteiger partial charge in [0, 0.05) is 0 Å². The van der Waals surface area contributed by atoms with Crippen molar-refractivity contribution in [3.63, 3.8) is 0 Å². The Morgan fingerprint density at radius 2 is 2.00 bits per heavy atom. The van der Waals surface area contributed by atoms with Gasteiger partial charge in [-0.15, -0.1) is 0 Å². The van der Waals surface area contributed by atoms with Crippen LogP contribution in [0.3, 0.4) is 0 Å². The van der Waals surface area contributed by atoms with Crippen molar-refractivity contribution in [1.29, 1.82) is 0 Å². The largest absolute Gasteiger partial charge is 0.378 e. The molecule has 0 bridgehead atoms. The third kappa shape index (κ3) is 6.70. The normalized spacial score (nSPS) is 13.9. The van der Waals surface area contributed by atoms with E-state index in [1.54, 1.807) is 0 Å². The average molecular weight is 176 g/mol. The van der Waals surface area contributed by atoms with Crippen LogP contribution in [0.2, 0.25) is 0 Å². The fraction of sp³-hybridized carbons (Fsp3) is 1.00. The first-order valence-electron chi connectivity index (χ1n) is 4.43. The van der Waals surface area contributed by atoms with Gasteiger partial charge in [-0.25, -0.2) is 0 Å². The highest BCUT2D eigenvalue weighted by Gasteiger charge is 2.05. The van der Waals surface area contributed by atoms with E-state index >= 15 is 0 Å². The van der Waals surface area contributed by atoms with Gasteiger partial charge in [0.15, 0.2) is 0 Å². The Morgan fingerprint density at radius 3 is 2.36 bits per heavy atom. The third-order valence-corrected chi connectivity index (χ3v) is 2.14. The second-order valence-electron chi connectivity index (χ2n) is 3.22. The molecular formula is C9H20OS.